The lowest BCUT2D eigenvalue weighted by molar-refractivity contribution is -0.133. The van der Waals surface area contributed by atoms with Crippen LogP contribution >= 0.6 is 0 Å². The molecule has 3 N–H and O–H groups in total. The van der Waals surface area contributed by atoms with Crippen molar-refractivity contribution in [2.75, 3.05) is 64.3 Å². The Bertz CT molecular complexity index is 2920. The zero-order valence-electron chi connectivity index (χ0n) is 38.8. The number of nitrogens with one attached hydrogen (secondary N) is 3. The molecule has 19 heteroatoms. The highest BCUT2D eigenvalue weighted by Gasteiger charge is 2.29. The number of piperazine rings is 1. The number of amides is 5. The first-order chi connectivity index (χ1) is 33.6. The number of benzene rings is 4. The van der Waals surface area contributed by atoms with Gasteiger partial charge in [-0.3, -0.25) is 29.4 Å². The van der Waals surface area contributed by atoms with Crippen molar-refractivity contribution in [3.05, 3.63) is 159 Å². The number of nitrogens with zero attached hydrogens (tertiary/aromatic N) is 5. The van der Waals surface area contributed by atoms with E-state index in [0.717, 1.165) is 5.56 Å². The van der Waals surface area contributed by atoms with Gasteiger partial charge >= 0.3 is 12.2 Å². The van der Waals surface area contributed by atoms with Crippen LogP contribution < -0.4 is 16.2 Å². The van der Waals surface area contributed by atoms with E-state index in [9.17, 15) is 33.2 Å². The van der Waals surface area contributed by atoms with E-state index in [0.29, 0.717) is 33.2 Å². The zero-order chi connectivity index (χ0) is 49.8. The van der Waals surface area contributed by atoms with E-state index in [4.69, 9.17) is 14.2 Å². The van der Waals surface area contributed by atoms with Crippen molar-refractivity contribution in [1.82, 2.24) is 35.2 Å². The van der Waals surface area contributed by atoms with E-state index >= 15 is 4.39 Å². The lowest BCUT2D eigenvalue weighted by Crippen LogP contribution is -2.53. The maximum atomic E-state index is 15.2. The third-order valence-corrected chi connectivity index (χ3v) is 11.1. The second kappa shape index (κ2) is 22.8. The van der Waals surface area contributed by atoms with Gasteiger partial charge in [-0.05, 0) is 73.9 Å². The number of hydrogen-bond donors (Lipinski definition) is 3. The fraction of sp³-hybridized carbons (Fsp3) is 0.294. The normalized spacial score (nSPS) is 12.6. The van der Waals surface area contributed by atoms with Crippen LogP contribution in [0.2, 0.25) is 0 Å². The van der Waals surface area contributed by atoms with Gasteiger partial charge in [0.15, 0.2) is 5.69 Å². The summed E-state index contributed by atoms with van der Waals surface area (Å²) in [7, 11) is 0. The van der Waals surface area contributed by atoms with Crippen LogP contribution in [0.25, 0.3) is 21.9 Å². The molecule has 0 aliphatic carbocycles. The number of ether oxygens (including phenoxy) is 3. The Hall–Kier alpha value is -8.06. The number of hydrogen-bond acceptors (Lipinski definition) is 11. The average Bonchev–Trinajstić information content (AvgIpc) is 3.34. The number of H-pyrrole nitrogens is 1. The summed E-state index contributed by atoms with van der Waals surface area (Å²) in [6, 6.07) is 27.5. The van der Waals surface area contributed by atoms with Gasteiger partial charge in [-0.1, -0.05) is 66.7 Å². The fourth-order valence-electron chi connectivity index (χ4n) is 7.56. The summed E-state index contributed by atoms with van der Waals surface area (Å²) in [5.74, 6) is -2.77. The SMILES string of the molecule is CC(C)(C)OC(=O)Nc1cc(-c2cccc(F)c2)cnc1C(=O)NCCOCCN(CC(=O)N1CCN(C(=O)c2cc(Cc3n[nH]c(=O)c4ccccc34)ccc2F)CC1)C(=O)OCc1ccccc1. The molecule has 1 fully saturated rings. The van der Waals surface area contributed by atoms with Crippen molar-refractivity contribution in [3.63, 3.8) is 0 Å². The molecule has 1 saturated heterocycles. The van der Waals surface area contributed by atoms with Crippen molar-refractivity contribution >= 4 is 46.4 Å². The average molecular weight is 959 g/mol. The molecule has 364 valence electrons. The van der Waals surface area contributed by atoms with Gasteiger partial charge in [0.2, 0.25) is 5.91 Å². The molecule has 0 bridgehead atoms. The van der Waals surface area contributed by atoms with Crippen LogP contribution in [0, 0.1) is 11.6 Å². The van der Waals surface area contributed by atoms with Gasteiger partial charge in [0.05, 0.1) is 35.5 Å². The largest absolute Gasteiger partial charge is 0.445 e. The summed E-state index contributed by atoms with van der Waals surface area (Å²) in [6.07, 6.45) is 0.0274. The molecule has 2 aromatic heterocycles. The van der Waals surface area contributed by atoms with Gasteiger partial charge in [0.25, 0.3) is 17.4 Å². The number of carbonyl (C=O) groups is 5. The van der Waals surface area contributed by atoms with Crippen LogP contribution in [-0.2, 0) is 32.0 Å². The zero-order valence-corrected chi connectivity index (χ0v) is 38.8. The minimum Gasteiger partial charge on any atom is -0.445 e. The molecule has 7 rings (SSSR count). The minimum atomic E-state index is -0.834. The summed E-state index contributed by atoms with van der Waals surface area (Å²) in [4.78, 5) is 87.6. The quantitative estimate of drug-likeness (QED) is 0.0885. The Balaban J connectivity index is 0.930. The second-order valence-electron chi connectivity index (χ2n) is 17.3. The van der Waals surface area contributed by atoms with E-state index in [1.807, 2.05) is 6.07 Å². The molecule has 0 spiro atoms. The lowest BCUT2D eigenvalue weighted by Gasteiger charge is -2.36. The maximum absolute atomic E-state index is 15.2. The Kier molecular flexibility index (Phi) is 16.2. The smallest absolute Gasteiger partial charge is 0.412 e. The van der Waals surface area contributed by atoms with Gasteiger partial charge in [-0.25, -0.2) is 28.5 Å². The number of aromatic amines is 1. The van der Waals surface area contributed by atoms with Crippen molar-refractivity contribution in [1.29, 1.82) is 0 Å². The summed E-state index contributed by atoms with van der Waals surface area (Å²) < 4.78 is 45.9. The van der Waals surface area contributed by atoms with Crippen molar-refractivity contribution in [3.8, 4) is 11.1 Å². The highest BCUT2D eigenvalue weighted by molar-refractivity contribution is 6.02. The topological polar surface area (TPSA) is 205 Å². The van der Waals surface area contributed by atoms with E-state index in [-0.39, 0.29) is 94.6 Å². The van der Waals surface area contributed by atoms with Crippen molar-refractivity contribution in [2.24, 2.45) is 0 Å². The van der Waals surface area contributed by atoms with Crippen LogP contribution in [-0.4, -0.2) is 124 Å². The molecule has 4 aromatic carbocycles. The molecular weight excluding hydrogens is 907 g/mol. The van der Waals surface area contributed by atoms with Crippen LogP contribution in [0.1, 0.15) is 58.4 Å². The molecule has 0 atom stereocenters. The number of halogens is 2. The third kappa shape index (κ3) is 13.3. The maximum Gasteiger partial charge on any atom is 0.412 e. The highest BCUT2D eigenvalue weighted by atomic mass is 19.1. The first kappa shape index (κ1) is 49.8. The van der Waals surface area contributed by atoms with Gasteiger partial charge in [-0.2, -0.15) is 5.10 Å². The van der Waals surface area contributed by atoms with Crippen LogP contribution in [0.15, 0.2) is 114 Å². The fourth-order valence-corrected chi connectivity index (χ4v) is 7.56. The summed E-state index contributed by atoms with van der Waals surface area (Å²) in [5, 5.41) is 13.1. The molecule has 1 aliphatic heterocycles. The Morgan fingerprint density at radius 1 is 0.800 bits per heavy atom. The lowest BCUT2D eigenvalue weighted by atomic mass is 10.0. The highest BCUT2D eigenvalue weighted by Crippen LogP contribution is 2.26. The molecule has 17 nitrogen and oxygen atoms in total. The predicted octanol–water partition coefficient (Wildman–Crippen LogP) is 6.57. The molecule has 3 heterocycles. The Morgan fingerprint density at radius 3 is 2.27 bits per heavy atom. The predicted molar refractivity (Wildman–Crippen MR) is 255 cm³/mol. The molecule has 70 heavy (non-hydrogen) atoms. The number of rotatable bonds is 16. The number of fused-ring (bicyclic) bond motifs is 1. The molecular formula is C51H52F2N8O9. The molecule has 1 aliphatic rings. The van der Waals surface area contributed by atoms with E-state index in [1.54, 1.807) is 81.4 Å². The number of anilines is 1. The molecule has 0 unspecified atom stereocenters. The molecule has 5 amide bonds. The van der Waals surface area contributed by atoms with Crippen LogP contribution in [0.3, 0.4) is 0 Å². The number of carbonyl (C=O) groups excluding carboxylic acids is 5. The minimum absolute atomic E-state index is 0.00389. The summed E-state index contributed by atoms with van der Waals surface area (Å²) in [5.41, 5.74) is 1.43. The van der Waals surface area contributed by atoms with E-state index < -0.39 is 47.1 Å². The van der Waals surface area contributed by atoms with Gasteiger partial charge < -0.3 is 29.3 Å². The van der Waals surface area contributed by atoms with Crippen LogP contribution in [0.5, 0.6) is 0 Å². The third-order valence-electron chi connectivity index (χ3n) is 11.1. The van der Waals surface area contributed by atoms with Gasteiger partial charge in [0, 0.05) is 62.8 Å². The van der Waals surface area contributed by atoms with E-state index in [2.05, 4.69) is 25.8 Å². The molecule has 6 aromatic rings. The van der Waals surface area contributed by atoms with Crippen molar-refractivity contribution < 1.29 is 47.0 Å². The van der Waals surface area contributed by atoms with Gasteiger partial charge in [0.1, 0.15) is 30.4 Å². The van der Waals surface area contributed by atoms with Gasteiger partial charge in [-0.15, -0.1) is 0 Å². The second-order valence-corrected chi connectivity index (χ2v) is 17.3. The Morgan fingerprint density at radius 2 is 1.53 bits per heavy atom. The monoisotopic (exact) mass is 958 g/mol. The molecule has 0 radical (unpaired) electrons. The van der Waals surface area contributed by atoms with E-state index in [1.165, 1.54) is 57.3 Å². The number of aromatic nitrogens is 3. The standard InChI is InChI=1S/C51H52F2N8O9/c1-51(2,3)70-49(66)56-43-29-36(35-12-9-13-37(52)28-35)30-55-45(43)47(64)54-18-24-68-25-23-61(50(67)69-32-33-10-5-4-6-11-33)31-44(62)59-19-21-60(22-20-59)48(65)40-26-34(16-17-41(40)53)27-42-38-14-7-8-15-39(38)46(63)58-57-42/h4-17,26,28-30H,18-25,27,31-32H2,1-3H3,(H,54,64)(H,56,66)(H,58,63). The number of pyridine rings is 1. The summed E-state index contributed by atoms with van der Waals surface area (Å²) >= 11 is 0. The first-order valence-corrected chi connectivity index (χ1v) is 22.5. The summed E-state index contributed by atoms with van der Waals surface area (Å²) in [6.45, 7) is 5.00. The molecule has 0 saturated carbocycles. The first-order valence-electron chi connectivity index (χ1n) is 22.5. The Labute approximate surface area is 401 Å². The van der Waals surface area contributed by atoms with Crippen LogP contribution in [0.4, 0.5) is 24.1 Å². The van der Waals surface area contributed by atoms with Crippen molar-refractivity contribution in [2.45, 2.75) is 39.4 Å².